The number of aliphatic hydroxyl groups excluding tert-OH is 1. The predicted octanol–water partition coefficient (Wildman–Crippen LogP) is 2.80. The van der Waals surface area contributed by atoms with Crippen LogP contribution in [0.2, 0.25) is 0 Å². The predicted molar refractivity (Wildman–Crippen MR) is 133 cm³/mol. The molecular weight excluding hydrogens is 458 g/mol. The quantitative estimate of drug-likeness (QED) is 0.578. The van der Waals surface area contributed by atoms with E-state index in [4.69, 9.17) is 9.47 Å². The Morgan fingerprint density at radius 2 is 1.94 bits per heavy atom. The number of hydrogen-bond donors (Lipinski definition) is 2. The second-order valence-corrected chi connectivity index (χ2v) is 13.0. The highest BCUT2D eigenvalue weighted by atomic mass is 16.5. The summed E-state index contributed by atoms with van der Waals surface area (Å²) in [5.41, 5.74) is -1.22. The normalized spacial score (nSPS) is 41.1. The molecule has 1 aromatic rings. The van der Waals surface area contributed by atoms with Gasteiger partial charge in [0.1, 0.15) is 11.1 Å². The monoisotopic (exact) mass is 493 g/mol. The van der Waals surface area contributed by atoms with Crippen molar-refractivity contribution in [3.8, 4) is 11.5 Å². The summed E-state index contributed by atoms with van der Waals surface area (Å²) in [5.74, 6) is 1.40. The Labute approximate surface area is 211 Å². The van der Waals surface area contributed by atoms with Crippen LogP contribution in [0.25, 0.3) is 0 Å². The van der Waals surface area contributed by atoms with Gasteiger partial charge in [-0.05, 0) is 68.6 Å². The molecule has 1 saturated carbocycles. The van der Waals surface area contributed by atoms with Gasteiger partial charge in [0.05, 0.1) is 29.0 Å². The van der Waals surface area contributed by atoms with Crippen molar-refractivity contribution in [2.75, 3.05) is 25.5 Å². The third-order valence-corrected chi connectivity index (χ3v) is 10.7. The van der Waals surface area contributed by atoms with Crippen LogP contribution in [0.1, 0.15) is 58.9 Å². The number of β-amino-alcohol motifs (C(OH)–C–C–N with tert-alkyl or cyclic N) is 1. The number of anilines is 1. The first-order chi connectivity index (χ1) is 16.9. The van der Waals surface area contributed by atoms with Crippen molar-refractivity contribution >= 4 is 17.5 Å². The van der Waals surface area contributed by atoms with E-state index in [-0.39, 0.29) is 17.7 Å². The number of ether oxygens (including phenoxy) is 2. The van der Waals surface area contributed by atoms with E-state index in [1.54, 1.807) is 6.26 Å². The summed E-state index contributed by atoms with van der Waals surface area (Å²) in [5, 5.41) is 13.6. The Morgan fingerprint density at radius 3 is 2.72 bits per heavy atom. The Kier molecular flexibility index (Phi) is 4.05. The highest BCUT2D eigenvalue weighted by Crippen LogP contribution is 2.72. The van der Waals surface area contributed by atoms with E-state index in [1.165, 1.54) is 0 Å². The first kappa shape index (κ1) is 22.6. The molecule has 8 rings (SSSR count). The van der Waals surface area contributed by atoms with E-state index in [9.17, 15) is 14.7 Å². The first-order valence-electron chi connectivity index (χ1n) is 13.1. The molecule has 0 aromatic heterocycles. The summed E-state index contributed by atoms with van der Waals surface area (Å²) in [6.07, 6.45) is 5.66. The lowest BCUT2D eigenvalue weighted by atomic mass is 9.56. The van der Waals surface area contributed by atoms with Gasteiger partial charge in [0.25, 0.3) is 0 Å². The number of nitrogens with one attached hydrogen (secondary N) is 1. The standard InChI is InChI=1S/C28H35N3O5/c1-24(2)10-11-35-21-18(36-24)7-6-17-20(21)29-22(33)28(17)14-27-15-31-13-16(32)8-9-26(31,23(34)30(27)5)12-19(27)25(28,3)4/h6-7,10-11,16,19,32H,8-9,12-15H2,1-5H3,(H,29,33)/t16-,19+,26+,27+,28-/m1/s1. The Balaban J connectivity index is 1.40. The van der Waals surface area contributed by atoms with E-state index in [0.717, 1.165) is 12.0 Å². The van der Waals surface area contributed by atoms with Crippen molar-refractivity contribution in [1.29, 1.82) is 0 Å². The maximum atomic E-state index is 14.2. The minimum Gasteiger partial charge on any atom is -0.480 e. The van der Waals surface area contributed by atoms with Gasteiger partial charge in [-0.3, -0.25) is 14.5 Å². The van der Waals surface area contributed by atoms with Crippen molar-refractivity contribution in [2.45, 2.75) is 81.6 Å². The number of benzene rings is 1. The zero-order valence-corrected chi connectivity index (χ0v) is 21.7. The lowest BCUT2D eigenvalue weighted by molar-refractivity contribution is -0.202. The number of piperidine rings is 3. The second kappa shape index (κ2) is 6.45. The lowest BCUT2D eigenvalue weighted by Gasteiger charge is -2.67. The van der Waals surface area contributed by atoms with Crippen LogP contribution in [0, 0.1) is 11.3 Å². The van der Waals surface area contributed by atoms with Crippen molar-refractivity contribution in [1.82, 2.24) is 9.80 Å². The Bertz CT molecular complexity index is 1260. The summed E-state index contributed by atoms with van der Waals surface area (Å²) in [4.78, 5) is 32.3. The first-order valence-corrected chi connectivity index (χ1v) is 13.1. The lowest BCUT2D eigenvalue weighted by Crippen LogP contribution is -2.81. The number of amides is 2. The smallest absolute Gasteiger partial charge is 0.243 e. The zero-order chi connectivity index (χ0) is 25.5. The second-order valence-electron chi connectivity index (χ2n) is 13.0. The summed E-state index contributed by atoms with van der Waals surface area (Å²) >= 11 is 0. The Hall–Kier alpha value is -2.58. The van der Waals surface area contributed by atoms with Crippen LogP contribution in [-0.2, 0) is 15.0 Å². The summed E-state index contributed by atoms with van der Waals surface area (Å²) < 4.78 is 12.2. The molecule has 1 aromatic carbocycles. The minimum absolute atomic E-state index is 0.0319. The molecule has 3 spiro atoms. The third kappa shape index (κ3) is 2.34. The molecule has 8 nitrogen and oxygen atoms in total. The van der Waals surface area contributed by atoms with Crippen LogP contribution >= 0.6 is 0 Å². The number of nitrogens with zero attached hydrogens (tertiary/aromatic N) is 2. The van der Waals surface area contributed by atoms with E-state index in [1.807, 2.05) is 44.0 Å². The van der Waals surface area contributed by atoms with E-state index in [2.05, 4.69) is 24.1 Å². The van der Waals surface area contributed by atoms with Crippen molar-refractivity contribution in [2.24, 2.45) is 11.3 Å². The number of hydrogen-bond acceptors (Lipinski definition) is 6. The number of rotatable bonds is 0. The van der Waals surface area contributed by atoms with Gasteiger partial charge in [-0.2, -0.15) is 0 Å². The average Bonchev–Trinajstić information content (AvgIpc) is 3.12. The molecule has 6 heterocycles. The average molecular weight is 494 g/mol. The van der Waals surface area contributed by atoms with Crippen LogP contribution in [0.5, 0.6) is 11.5 Å². The summed E-state index contributed by atoms with van der Waals surface area (Å²) in [6, 6.07) is 3.95. The molecule has 36 heavy (non-hydrogen) atoms. The van der Waals surface area contributed by atoms with Gasteiger partial charge in [0.15, 0.2) is 11.5 Å². The molecule has 2 amide bonds. The highest BCUT2D eigenvalue weighted by molar-refractivity contribution is 6.09. The van der Waals surface area contributed by atoms with Gasteiger partial charge in [-0.1, -0.05) is 19.9 Å². The van der Waals surface area contributed by atoms with Gasteiger partial charge in [0, 0.05) is 20.1 Å². The van der Waals surface area contributed by atoms with Crippen LogP contribution in [0.15, 0.2) is 24.5 Å². The largest absolute Gasteiger partial charge is 0.480 e. The molecule has 4 saturated heterocycles. The molecule has 2 bridgehead atoms. The van der Waals surface area contributed by atoms with E-state index < -0.39 is 33.6 Å². The molecule has 2 N–H and O–H groups in total. The summed E-state index contributed by atoms with van der Waals surface area (Å²) in [6.45, 7) is 9.56. The molecule has 192 valence electrons. The Morgan fingerprint density at radius 1 is 1.17 bits per heavy atom. The van der Waals surface area contributed by atoms with Crippen LogP contribution in [-0.4, -0.2) is 69.6 Å². The van der Waals surface area contributed by atoms with E-state index >= 15 is 0 Å². The maximum absolute atomic E-state index is 14.2. The number of likely N-dealkylation sites (N-methyl/N-ethyl adjacent to an activating group) is 1. The molecule has 1 aliphatic carbocycles. The van der Waals surface area contributed by atoms with Gasteiger partial charge >= 0.3 is 0 Å². The third-order valence-electron chi connectivity index (χ3n) is 10.7. The molecule has 0 radical (unpaired) electrons. The van der Waals surface area contributed by atoms with Gasteiger partial charge in [-0.25, -0.2) is 0 Å². The molecule has 5 atom stereocenters. The van der Waals surface area contributed by atoms with Crippen LogP contribution in [0.3, 0.4) is 0 Å². The zero-order valence-electron chi connectivity index (χ0n) is 21.7. The number of aliphatic hydroxyl groups is 1. The maximum Gasteiger partial charge on any atom is 0.243 e. The molecule has 8 heteroatoms. The fourth-order valence-electron chi connectivity index (χ4n) is 8.87. The van der Waals surface area contributed by atoms with Crippen molar-refractivity contribution < 1.29 is 24.2 Å². The van der Waals surface area contributed by atoms with Gasteiger partial charge in [0.2, 0.25) is 11.8 Å². The van der Waals surface area contributed by atoms with Crippen molar-refractivity contribution in [3.05, 3.63) is 30.0 Å². The van der Waals surface area contributed by atoms with Gasteiger partial charge in [-0.15, -0.1) is 0 Å². The van der Waals surface area contributed by atoms with Crippen molar-refractivity contribution in [3.63, 3.8) is 0 Å². The molecular formula is C28H35N3O5. The van der Waals surface area contributed by atoms with E-state index in [0.29, 0.717) is 49.5 Å². The number of carbonyl (C=O) groups is 2. The SMILES string of the molecule is CN1C(=O)[C@@]23CC[C@@H](O)CN2C[C@]12C[C@@]1(C(=O)Nc4c1ccc1c4OC=CC(C)(C)O1)C(C)(C)[C@@H]2C3. The molecule has 6 aliphatic heterocycles. The fraction of sp³-hybridized carbons (Fsp3) is 0.643. The van der Waals surface area contributed by atoms with Gasteiger partial charge < -0.3 is 24.8 Å². The molecule has 0 unspecified atom stereocenters. The minimum atomic E-state index is -0.815. The topological polar surface area (TPSA) is 91.3 Å². The highest BCUT2D eigenvalue weighted by Gasteiger charge is 2.79. The van der Waals surface area contributed by atoms with Crippen LogP contribution < -0.4 is 14.8 Å². The molecule has 5 fully saturated rings. The number of carbonyl (C=O) groups excluding carboxylic acids is 2. The number of piperazine rings is 1. The fourth-order valence-corrected chi connectivity index (χ4v) is 8.87. The summed E-state index contributed by atoms with van der Waals surface area (Å²) in [7, 11) is 1.93. The molecule has 7 aliphatic rings. The number of fused-ring (bicyclic) bond motifs is 5. The van der Waals surface area contributed by atoms with Crippen LogP contribution in [0.4, 0.5) is 5.69 Å².